The highest BCUT2D eigenvalue weighted by atomic mass is 35.5. The van der Waals surface area contributed by atoms with E-state index in [1.54, 1.807) is 20.3 Å². The van der Waals surface area contributed by atoms with E-state index >= 15 is 0 Å². The van der Waals surface area contributed by atoms with Crippen LogP contribution < -0.4 is 9.47 Å². The summed E-state index contributed by atoms with van der Waals surface area (Å²) in [6.07, 6.45) is 0. The number of ether oxygens (including phenoxy) is 2. The molecular formula is C14H15ClO3. The van der Waals surface area contributed by atoms with Crippen LogP contribution in [0.5, 0.6) is 11.5 Å². The predicted molar refractivity (Wildman–Crippen MR) is 70.7 cm³/mol. The second-order valence-corrected chi connectivity index (χ2v) is 4.36. The van der Waals surface area contributed by atoms with Crippen LogP contribution in [-0.2, 0) is 0 Å². The van der Waals surface area contributed by atoms with Gasteiger partial charge in [-0.25, -0.2) is 0 Å². The molecular weight excluding hydrogens is 252 g/mol. The minimum atomic E-state index is -0.375. The van der Waals surface area contributed by atoms with Crippen molar-refractivity contribution in [3.8, 4) is 11.5 Å². The van der Waals surface area contributed by atoms with Crippen molar-refractivity contribution < 1.29 is 13.9 Å². The summed E-state index contributed by atoms with van der Waals surface area (Å²) in [6, 6.07) is 9.30. The lowest BCUT2D eigenvalue weighted by Gasteiger charge is -2.13. The molecule has 0 aliphatic carbocycles. The molecule has 0 aliphatic rings. The van der Waals surface area contributed by atoms with E-state index in [-0.39, 0.29) is 5.38 Å². The maximum absolute atomic E-state index is 6.41. The Bertz CT molecular complexity index is 534. The van der Waals surface area contributed by atoms with E-state index < -0.39 is 0 Å². The quantitative estimate of drug-likeness (QED) is 0.786. The second-order valence-electron chi connectivity index (χ2n) is 3.92. The average Bonchev–Trinajstić information content (AvgIpc) is 2.83. The first kappa shape index (κ1) is 12.8. The maximum atomic E-state index is 6.41. The first-order chi connectivity index (χ1) is 8.65. The third-order valence-electron chi connectivity index (χ3n) is 2.72. The molecule has 4 heteroatoms. The van der Waals surface area contributed by atoms with Crippen molar-refractivity contribution in [3.05, 3.63) is 47.4 Å². The number of alkyl halides is 1. The number of halogens is 1. The lowest BCUT2D eigenvalue weighted by molar-refractivity contribution is 0.389. The fraction of sp³-hybridized carbons (Fsp3) is 0.286. The summed E-state index contributed by atoms with van der Waals surface area (Å²) in [5.74, 6) is 2.96. The zero-order valence-electron chi connectivity index (χ0n) is 10.6. The molecule has 18 heavy (non-hydrogen) atoms. The normalized spacial score (nSPS) is 12.2. The van der Waals surface area contributed by atoms with Crippen molar-refractivity contribution in [3.63, 3.8) is 0 Å². The Hall–Kier alpha value is -1.61. The molecule has 0 spiro atoms. The van der Waals surface area contributed by atoms with Gasteiger partial charge in [-0.2, -0.15) is 0 Å². The van der Waals surface area contributed by atoms with Crippen LogP contribution in [0.1, 0.15) is 22.5 Å². The van der Waals surface area contributed by atoms with Gasteiger partial charge >= 0.3 is 0 Å². The first-order valence-corrected chi connectivity index (χ1v) is 6.01. The van der Waals surface area contributed by atoms with E-state index in [9.17, 15) is 0 Å². The largest absolute Gasteiger partial charge is 0.497 e. The topological polar surface area (TPSA) is 31.6 Å². The Kier molecular flexibility index (Phi) is 3.82. The Morgan fingerprint density at radius 2 is 1.89 bits per heavy atom. The van der Waals surface area contributed by atoms with Crippen LogP contribution in [0.25, 0.3) is 0 Å². The number of hydrogen-bond donors (Lipinski definition) is 0. The standard InChI is InChI=1S/C14H15ClO3/c1-9-4-7-12(18-9)14(15)11-6-5-10(16-2)8-13(11)17-3/h4-8,14H,1-3H3. The molecule has 0 radical (unpaired) electrons. The minimum absolute atomic E-state index is 0.375. The molecule has 1 aromatic carbocycles. The number of hydrogen-bond acceptors (Lipinski definition) is 3. The molecule has 1 atom stereocenters. The van der Waals surface area contributed by atoms with Crippen molar-refractivity contribution in [2.75, 3.05) is 14.2 Å². The molecule has 0 saturated heterocycles. The molecule has 0 N–H and O–H groups in total. The third-order valence-corrected chi connectivity index (χ3v) is 3.17. The van der Waals surface area contributed by atoms with Gasteiger partial charge in [0.25, 0.3) is 0 Å². The minimum Gasteiger partial charge on any atom is -0.497 e. The summed E-state index contributed by atoms with van der Waals surface area (Å²) < 4.78 is 16.0. The Balaban J connectivity index is 2.38. The van der Waals surface area contributed by atoms with E-state index in [0.717, 1.165) is 17.1 Å². The van der Waals surface area contributed by atoms with Crippen molar-refractivity contribution >= 4 is 11.6 Å². The number of aryl methyl sites for hydroxylation is 1. The van der Waals surface area contributed by atoms with Gasteiger partial charge in [-0.3, -0.25) is 0 Å². The smallest absolute Gasteiger partial charge is 0.127 e. The fourth-order valence-corrected chi connectivity index (χ4v) is 2.07. The van der Waals surface area contributed by atoms with Crippen molar-refractivity contribution in [2.45, 2.75) is 12.3 Å². The zero-order valence-corrected chi connectivity index (χ0v) is 11.3. The molecule has 1 heterocycles. The van der Waals surface area contributed by atoms with Gasteiger partial charge in [0.05, 0.1) is 14.2 Å². The van der Waals surface area contributed by atoms with Gasteiger partial charge in [-0.15, -0.1) is 11.6 Å². The molecule has 2 rings (SSSR count). The number of furan rings is 1. The van der Waals surface area contributed by atoms with Gasteiger partial charge in [0, 0.05) is 11.6 Å². The van der Waals surface area contributed by atoms with E-state index in [0.29, 0.717) is 11.5 Å². The average molecular weight is 267 g/mol. The zero-order chi connectivity index (χ0) is 13.1. The molecule has 96 valence electrons. The van der Waals surface area contributed by atoms with Gasteiger partial charge < -0.3 is 13.9 Å². The van der Waals surface area contributed by atoms with Gasteiger partial charge in [0.2, 0.25) is 0 Å². The van der Waals surface area contributed by atoms with Gasteiger partial charge in [-0.1, -0.05) is 0 Å². The van der Waals surface area contributed by atoms with Crippen LogP contribution in [0.2, 0.25) is 0 Å². The van der Waals surface area contributed by atoms with Crippen LogP contribution in [0.15, 0.2) is 34.7 Å². The molecule has 1 unspecified atom stereocenters. The number of methoxy groups -OCH3 is 2. The van der Waals surface area contributed by atoms with Crippen molar-refractivity contribution in [1.29, 1.82) is 0 Å². The fourth-order valence-electron chi connectivity index (χ4n) is 1.77. The van der Waals surface area contributed by atoms with Gasteiger partial charge in [0.15, 0.2) is 0 Å². The molecule has 0 amide bonds. The van der Waals surface area contributed by atoms with Gasteiger partial charge in [0.1, 0.15) is 28.4 Å². The summed E-state index contributed by atoms with van der Waals surface area (Å²) >= 11 is 6.41. The number of rotatable bonds is 4. The molecule has 0 saturated carbocycles. The van der Waals surface area contributed by atoms with Gasteiger partial charge in [-0.05, 0) is 31.2 Å². The summed E-state index contributed by atoms with van der Waals surface area (Å²) in [5, 5.41) is -0.375. The van der Waals surface area contributed by atoms with E-state index in [4.69, 9.17) is 25.5 Å². The summed E-state index contributed by atoms with van der Waals surface area (Å²) in [7, 11) is 3.22. The predicted octanol–water partition coefficient (Wildman–Crippen LogP) is 3.93. The molecule has 0 aliphatic heterocycles. The number of benzene rings is 1. The van der Waals surface area contributed by atoms with Crippen LogP contribution in [0, 0.1) is 6.92 Å². The molecule has 2 aromatic rings. The SMILES string of the molecule is COc1ccc(C(Cl)c2ccc(C)o2)c(OC)c1. The van der Waals surface area contributed by atoms with E-state index in [1.807, 2.05) is 31.2 Å². The first-order valence-electron chi connectivity index (χ1n) is 5.58. The molecule has 3 nitrogen and oxygen atoms in total. The van der Waals surface area contributed by atoms with Crippen LogP contribution in [0.4, 0.5) is 0 Å². The van der Waals surface area contributed by atoms with Crippen LogP contribution in [-0.4, -0.2) is 14.2 Å². The second kappa shape index (κ2) is 5.36. The van der Waals surface area contributed by atoms with Crippen molar-refractivity contribution in [1.82, 2.24) is 0 Å². The molecule has 0 bridgehead atoms. The summed E-state index contributed by atoms with van der Waals surface area (Å²) in [6.45, 7) is 1.89. The summed E-state index contributed by atoms with van der Waals surface area (Å²) in [4.78, 5) is 0. The lowest BCUT2D eigenvalue weighted by atomic mass is 10.1. The highest BCUT2D eigenvalue weighted by molar-refractivity contribution is 6.22. The Morgan fingerprint density at radius 1 is 1.11 bits per heavy atom. The Morgan fingerprint density at radius 3 is 2.44 bits per heavy atom. The van der Waals surface area contributed by atoms with Crippen molar-refractivity contribution in [2.24, 2.45) is 0 Å². The molecule has 0 fully saturated rings. The van der Waals surface area contributed by atoms with Crippen LogP contribution >= 0.6 is 11.6 Å². The molecule has 1 aromatic heterocycles. The van der Waals surface area contributed by atoms with E-state index in [1.165, 1.54) is 0 Å². The summed E-state index contributed by atoms with van der Waals surface area (Å²) in [5.41, 5.74) is 0.856. The van der Waals surface area contributed by atoms with E-state index in [2.05, 4.69) is 0 Å². The monoisotopic (exact) mass is 266 g/mol. The highest BCUT2D eigenvalue weighted by Gasteiger charge is 2.19. The van der Waals surface area contributed by atoms with Crippen LogP contribution in [0.3, 0.4) is 0 Å². The highest BCUT2D eigenvalue weighted by Crippen LogP contribution is 2.37. The maximum Gasteiger partial charge on any atom is 0.127 e. The lowest BCUT2D eigenvalue weighted by Crippen LogP contribution is -1.97. The Labute approximate surface area is 111 Å². The third kappa shape index (κ3) is 2.46.